The molecule has 0 aliphatic heterocycles. The average molecular weight is 291 g/mol. The van der Waals surface area contributed by atoms with Gasteiger partial charge in [0.05, 0.1) is 0 Å². The summed E-state index contributed by atoms with van der Waals surface area (Å²) in [6.45, 7) is 2.34. The van der Waals surface area contributed by atoms with Crippen molar-refractivity contribution in [1.82, 2.24) is 0 Å². The number of hydrogen-bond donors (Lipinski definition) is 2. The molecule has 0 heterocycles. The smallest absolute Gasteiger partial charge is 0.412 e. The van der Waals surface area contributed by atoms with Crippen molar-refractivity contribution in [3.63, 3.8) is 0 Å². The van der Waals surface area contributed by atoms with Gasteiger partial charge in [-0.05, 0) is 0 Å². The van der Waals surface area contributed by atoms with E-state index in [4.69, 9.17) is 13.2 Å². The largest absolute Gasteiger partial charge is 0.412 e. The van der Waals surface area contributed by atoms with Crippen molar-refractivity contribution in [2.45, 2.75) is 13.3 Å². The van der Waals surface area contributed by atoms with E-state index in [0.29, 0.717) is 6.61 Å². The fourth-order valence-electron chi connectivity index (χ4n) is 0.604. The Balaban J connectivity index is -0.000000405. The minimum absolute atomic E-state index is 0. The van der Waals surface area contributed by atoms with Crippen molar-refractivity contribution < 1.29 is 24.2 Å². The summed E-state index contributed by atoms with van der Waals surface area (Å²) in [6.07, 6.45) is 0.738. The number of rotatable bonds is 5. The van der Waals surface area contributed by atoms with Crippen molar-refractivity contribution >= 4 is 23.4 Å². The molecule has 0 aliphatic carbocycles. The van der Waals surface area contributed by atoms with E-state index in [9.17, 15) is 0 Å². The molecule has 76 valence electrons. The van der Waals surface area contributed by atoms with Gasteiger partial charge in [-0.15, -0.1) is 0 Å². The first-order valence-electron chi connectivity index (χ1n) is 3.23. The maximum Gasteiger partial charge on any atom is -0.412 e. The molecule has 0 aliphatic rings. The van der Waals surface area contributed by atoms with E-state index in [2.05, 4.69) is 0 Å². The van der Waals surface area contributed by atoms with Crippen LogP contribution in [-0.4, -0.2) is 64.4 Å². The standard InChI is InChI=1S/C6H13O3.2H2O.Sb/c1-2-6(3-7,4-8)5-9;;;/h7-8H,2-5H2,1H3;2*1H2;/q-1;;;+1. The first-order chi connectivity index (χ1) is 4.74. The molecule has 0 amide bonds. The van der Waals surface area contributed by atoms with Crippen LogP contribution >= 0.6 is 0 Å². The molecule has 0 aromatic heterocycles. The van der Waals surface area contributed by atoms with Crippen molar-refractivity contribution in [3.8, 4) is 0 Å². The molecule has 0 saturated heterocycles. The zero-order valence-electron chi connectivity index (χ0n) is 7.08. The molecule has 0 spiro atoms. The zero-order chi connectivity index (χ0) is 8.04. The van der Waals surface area contributed by atoms with E-state index in [1.807, 2.05) is 6.92 Å². The van der Waals surface area contributed by atoms with Crippen molar-refractivity contribution in [3.05, 3.63) is 0 Å². The van der Waals surface area contributed by atoms with Crippen LogP contribution in [0.5, 0.6) is 0 Å². The molecule has 5 nitrogen and oxygen atoms in total. The van der Waals surface area contributed by atoms with Gasteiger partial charge in [-0.25, -0.2) is 0 Å². The molecule has 0 fully saturated rings. The van der Waals surface area contributed by atoms with E-state index in [1.165, 1.54) is 23.4 Å². The van der Waals surface area contributed by atoms with Gasteiger partial charge in [-0.1, -0.05) is 0 Å². The van der Waals surface area contributed by atoms with Gasteiger partial charge in [-0.3, -0.25) is 0 Å². The van der Waals surface area contributed by atoms with Gasteiger partial charge < -0.3 is 11.0 Å². The van der Waals surface area contributed by atoms with Crippen LogP contribution in [0.4, 0.5) is 0 Å². The van der Waals surface area contributed by atoms with Crippen LogP contribution in [0.15, 0.2) is 0 Å². The molecule has 0 aromatic carbocycles. The fraction of sp³-hybridized carbons (Fsp3) is 1.00. The van der Waals surface area contributed by atoms with E-state index in [1.54, 1.807) is 0 Å². The van der Waals surface area contributed by atoms with Gasteiger partial charge in [0, 0.05) is 0 Å². The van der Waals surface area contributed by atoms with E-state index < -0.39 is 5.41 Å². The predicted octanol–water partition coefficient (Wildman–Crippen LogP) is -2.18. The summed E-state index contributed by atoms with van der Waals surface area (Å²) in [6, 6.07) is 0. The second-order valence-corrected chi connectivity index (χ2v) is 3.18. The molecular formula is C6H17O5Sb. The number of hydrogen-bond acceptors (Lipinski definition) is 3. The molecule has 2 radical (unpaired) electrons. The predicted molar refractivity (Wildman–Crippen MR) is 45.8 cm³/mol. The van der Waals surface area contributed by atoms with Gasteiger partial charge in [0.15, 0.2) is 0 Å². The third-order valence-electron chi connectivity index (χ3n) is 1.79. The van der Waals surface area contributed by atoms with Crippen LogP contribution in [0.1, 0.15) is 13.3 Å². The van der Waals surface area contributed by atoms with Gasteiger partial charge >= 0.3 is 75.3 Å². The molecule has 6 N–H and O–H groups in total. The van der Waals surface area contributed by atoms with Crippen molar-refractivity contribution in [1.29, 1.82) is 0 Å². The minimum atomic E-state index is -0.423. The summed E-state index contributed by atoms with van der Waals surface area (Å²) in [7, 11) is 0. The van der Waals surface area contributed by atoms with Gasteiger partial charge in [0.25, 0.3) is 0 Å². The summed E-state index contributed by atoms with van der Waals surface area (Å²) in [5.74, 6) is 0. The first-order valence-corrected chi connectivity index (χ1v) is 4.27. The Morgan fingerprint density at radius 1 is 1.25 bits per heavy atom. The summed E-state index contributed by atoms with van der Waals surface area (Å²) in [4.78, 5) is 0. The fourth-order valence-corrected chi connectivity index (χ4v) is 1.39. The molecule has 0 bridgehead atoms. The van der Waals surface area contributed by atoms with Gasteiger partial charge in [0.2, 0.25) is 0 Å². The Labute approximate surface area is 86.4 Å². The van der Waals surface area contributed by atoms with Crippen LogP contribution in [0.25, 0.3) is 0 Å². The number of aliphatic hydroxyl groups is 2. The summed E-state index contributed by atoms with van der Waals surface area (Å²) < 4.78 is 4.91. The third-order valence-corrected chi connectivity index (χ3v) is 2.16. The van der Waals surface area contributed by atoms with Crippen molar-refractivity contribution in [2.24, 2.45) is 5.41 Å². The molecule has 0 rings (SSSR count). The summed E-state index contributed by atoms with van der Waals surface area (Å²) in [5, 5.41) is 17.7. The third kappa shape index (κ3) is 5.30. The topological polar surface area (TPSA) is 113 Å². The maximum absolute atomic E-state index is 8.87. The number of aliphatic hydroxyl groups excluding tert-OH is 2. The molecule has 0 aromatic rings. The Morgan fingerprint density at radius 3 is 1.75 bits per heavy atom. The Morgan fingerprint density at radius 2 is 1.67 bits per heavy atom. The van der Waals surface area contributed by atoms with Crippen molar-refractivity contribution in [2.75, 3.05) is 19.8 Å². The quantitative estimate of drug-likeness (QED) is 0.561. The van der Waals surface area contributed by atoms with E-state index in [0.717, 1.165) is 6.42 Å². The molecule has 0 unspecified atom stereocenters. The minimum Gasteiger partial charge on any atom is -0.412 e. The van der Waals surface area contributed by atoms with E-state index in [-0.39, 0.29) is 24.2 Å². The first kappa shape index (κ1) is 18.4. The normalized spacial score (nSPS) is 10.0. The molecule has 0 atom stereocenters. The second-order valence-electron chi connectivity index (χ2n) is 2.44. The SMILES string of the molecule is CCC(CO)(CO)C[O][Sb].O.O. The van der Waals surface area contributed by atoms with Gasteiger partial charge in [-0.2, -0.15) is 0 Å². The Hall–Kier alpha value is 0.618. The average Bonchev–Trinajstić information content (AvgIpc) is 2.01. The van der Waals surface area contributed by atoms with Crippen LogP contribution in [-0.2, 0) is 3.02 Å². The van der Waals surface area contributed by atoms with Crippen LogP contribution < -0.4 is 0 Å². The summed E-state index contributed by atoms with van der Waals surface area (Å²) in [5.41, 5.74) is -0.423. The molecule has 12 heavy (non-hydrogen) atoms. The summed E-state index contributed by atoms with van der Waals surface area (Å²) >= 11 is 1.24. The zero-order valence-corrected chi connectivity index (χ0v) is 9.63. The van der Waals surface area contributed by atoms with Crippen LogP contribution in [0.3, 0.4) is 0 Å². The molecule has 6 heteroatoms. The molecular weight excluding hydrogens is 274 g/mol. The second kappa shape index (κ2) is 9.70. The monoisotopic (exact) mass is 290 g/mol. The van der Waals surface area contributed by atoms with Crippen LogP contribution in [0, 0.1) is 5.41 Å². The van der Waals surface area contributed by atoms with E-state index >= 15 is 0 Å². The maximum atomic E-state index is 8.87. The van der Waals surface area contributed by atoms with Gasteiger partial charge in [0.1, 0.15) is 0 Å². The molecule has 0 saturated carbocycles. The Kier molecular flexibility index (Phi) is 14.9. The Bertz CT molecular complexity index is 77.7. The van der Waals surface area contributed by atoms with Crippen LogP contribution in [0.2, 0.25) is 0 Å².